The Kier molecular flexibility index (Phi) is 3.09. The Labute approximate surface area is 99.8 Å². The second-order valence-corrected chi connectivity index (χ2v) is 3.79. The molecular formula is C10H8F3N3O2. The van der Waals surface area contributed by atoms with Crippen molar-refractivity contribution in [1.82, 2.24) is 9.55 Å². The number of imidazole rings is 1. The number of rotatable bonds is 3. The summed E-state index contributed by atoms with van der Waals surface area (Å²) >= 11 is 0. The fourth-order valence-corrected chi connectivity index (χ4v) is 1.69. The minimum atomic E-state index is -4.76. The van der Waals surface area contributed by atoms with E-state index < -0.39 is 23.4 Å². The molecule has 0 amide bonds. The topological polar surface area (TPSA) is 67.9 Å². The Bertz CT molecular complexity index is 512. The maximum atomic E-state index is 12.6. The highest BCUT2D eigenvalue weighted by molar-refractivity contribution is 5.70. The number of aldehydes is 1. The lowest BCUT2D eigenvalue weighted by atomic mass is 10.2. The molecule has 0 bridgehead atoms. The van der Waals surface area contributed by atoms with Crippen molar-refractivity contribution in [3.05, 3.63) is 17.2 Å². The van der Waals surface area contributed by atoms with E-state index in [4.69, 9.17) is 10.00 Å². The molecule has 1 atom stereocenters. The number of halogens is 3. The summed E-state index contributed by atoms with van der Waals surface area (Å²) in [6, 6.07) is 1.45. The molecular weight excluding hydrogens is 251 g/mol. The number of carbonyl (C=O) groups excluding carboxylic acids is 1. The summed E-state index contributed by atoms with van der Waals surface area (Å²) in [6.45, 7) is 0.559. The second-order valence-electron chi connectivity index (χ2n) is 3.79. The number of hydrogen-bond donors (Lipinski definition) is 0. The minimum absolute atomic E-state index is 0.0278. The number of aromatic nitrogens is 2. The van der Waals surface area contributed by atoms with Gasteiger partial charge in [-0.15, -0.1) is 0 Å². The first-order valence-electron chi connectivity index (χ1n) is 5.12. The molecule has 0 aliphatic carbocycles. The molecule has 96 valence electrons. The molecule has 1 aromatic heterocycles. The monoisotopic (exact) mass is 259 g/mol. The Morgan fingerprint density at radius 2 is 2.28 bits per heavy atom. The molecule has 18 heavy (non-hydrogen) atoms. The van der Waals surface area contributed by atoms with Crippen LogP contribution in [-0.4, -0.2) is 28.5 Å². The molecule has 2 heterocycles. The van der Waals surface area contributed by atoms with Gasteiger partial charge in [0, 0.05) is 6.61 Å². The van der Waals surface area contributed by atoms with Crippen molar-refractivity contribution in [2.45, 2.75) is 25.2 Å². The maximum absolute atomic E-state index is 12.6. The second kappa shape index (κ2) is 4.42. The van der Waals surface area contributed by atoms with Gasteiger partial charge in [0.1, 0.15) is 6.07 Å². The van der Waals surface area contributed by atoms with E-state index in [0.29, 0.717) is 13.0 Å². The van der Waals surface area contributed by atoms with Crippen molar-refractivity contribution >= 4 is 6.29 Å². The quantitative estimate of drug-likeness (QED) is 0.769. The molecule has 0 saturated carbocycles. The first-order chi connectivity index (χ1) is 8.47. The lowest BCUT2D eigenvalue weighted by Crippen LogP contribution is -2.32. The van der Waals surface area contributed by atoms with Crippen LogP contribution in [0.5, 0.6) is 0 Å². The molecule has 1 saturated heterocycles. The summed E-state index contributed by atoms with van der Waals surface area (Å²) in [6.07, 6.45) is -4.14. The van der Waals surface area contributed by atoms with Gasteiger partial charge in [-0.1, -0.05) is 0 Å². The van der Waals surface area contributed by atoms with Gasteiger partial charge in [0.25, 0.3) is 0 Å². The van der Waals surface area contributed by atoms with E-state index >= 15 is 0 Å². The van der Waals surface area contributed by atoms with Gasteiger partial charge in [-0.2, -0.15) is 18.4 Å². The summed E-state index contributed by atoms with van der Waals surface area (Å²) in [7, 11) is 0. The van der Waals surface area contributed by atoms with E-state index in [2.05, 4.69) is 4.98 Å². The van der Waals surface area contributed by atoms with Crippen molar-refractivity contribution in [3.63, 3.8) is 0 Å². The summed E-state index contributed by atoms with van der Waals surface area (Å²) in [4.78, 5) is 13.9. The molecule has 1 fully saturated rings. The Hall–Kier alpha value is -1.88. The first kappa shape index (κ1) is 12.6. The highest BCUT2D eigenvalue weighted by Crippen LogP contribution is 2.31. The van der Waals surface area contributed by atoms with Gasteiger partial charge in [-0.3, -0.25) is 4.79 Å². The van der Waals surface area contributed by atoms with Crippen LogP contribution in [0.2, 0.25) is 0 Å². The summed E-state index contributed by atoms with van der Waals surface area (Å²) < 4.78 is 43.9. The molecule has 5 nitrogen and oxygen atoms in total. The third-order valence-electron chi connectivity index (χ3n) is 2.66. The third kappa shape index (κ3) is 2.09. The van der Waals surface area contributed by atoms with Crippen molar-refractivity contribution in [3.8, 4) is 6.07 Å². The number of carbonyl (C=O) groups is 1. The molecule has 0 N–H and O–H groups in total. The zero-order valence-corrected chi connectivity index (χ0v) is 9.07. The van der Waals surface area contributed by atoms with Crippen LogP contribution < -0.4 is 0 Å². The lowest BCUT2D eigenvalue weighted by Gasteiger charge is -2.27. The fourth-order valence-electron chi connectivity index (χ4n) is 1.69. The van der Waals surface area contributed by atoms with Gasteiger partial charge in [-0.05, 0) is 6.42 Å². The van der Waals surface area contributed by atoms with Crippen LogP contribution in [0.25, 0.3) is 0 Å². The minimum Gasteiger partial charge on any atom is -0.376 e. The van der Waals surface area contributed by atoms with E-state index in [-0.39, 0.29) is 18.9 Å². The molecule has 1 aromatic rings. The summed E-state index contributed by atoms with van der Waals surface area (Å²) in [5.74, 6) is -0.408. The van der Waals surface area contributed by atoms with Gasteiger partial charge in [0.15, 0.2) is 23.5 Å². The molecule has 2 rings (SSSR count). The molecule has 1 aliphatic heterocycles. The van der Waals surface area contributed by atoms with Crippen molar-refractivity contribution in [1.29, 1.82) is 5.26 Å². The van der Waals surface area contributed by atoms with E-state index in [1.54, 1.807) is 0 Å². The largest absolute Gasteiger partial charge is 0.436 e. The van der Waals surface area contributed by atoms with Crippen molar-refractivity contribution in [2.75, 3.05) is 6.61 Å². The number of nitriles is 1. The average molecular weight is 259 g/mol. The van der Waals surface area contributed by atoms with Crippen molar-refractivity contribution in [2.24, 2.45) is 0 Å². The first-order valence-corrected chi connectivity index (χ1v) is 5.12. The molecule has 0 radical (unpaired) electrons. The molecule has 0 aromatic carbocycles. The van der Waals surface area contributed by atoms with Crippen molar-refractivity contribution < 1.29 is 22.7 Å². The Morgan fingerprint density at radius 3 is 2.67 bits per heavy atom. The van der Waals surface area contributed by atoms with Crippen LogP contribution >= 0.6 is 0 Å². The van der Waals surface area contributed by atoms with Crippen LogP contribution in [0.1, 0.15) is 28.4 Å². The smallest absolute Gasteiger partial charge is 0.376 e. The average Bonchev–Trinajstić information content (AvgIpc) is 2.60. The SMILES string of the molecule is N#Cc1c(C(F)(F)F)nc(C=O)n1C[C@@H]1CCO1. The summed E-state index contributed by atoms with van der Waals surface area (Å²) in [5, 5.41) is 8.81. The Morgan fingerprint density at radius 1 is 1.61 bits per heavy atom. The maximum Gasteiger partial charge on any atom is 0.436 e. The number of hydrogen-bond acceptors (Lipinski definition) is 4. The Balaban J connectivity index is 2.45. The molecule has 1 aliphatic rings. The standard InChI is InChI=1S/C10H8F3N3O2/c11-10(12,13)9-7(3-14)16(8(5-17)15-9)4-6-1-2-18-6/h5-6H,1-2,4H2/t6-/m0/s1. The molecule has 0 unspecified atom stereocenters. The van der Waals surface area contributed by atoms with Crippen LogP contribution in [-0.2, 0) is 17.5 Å². The van der Waals surface area contributed by atoms with E-state index in [9.17, 15) is 18.0 Å². The molecule has 0 spiro atoms. The highest BCUT2D eigenvalue weighted by atomic mass is 19.4. The fraction of sp³-hybridized carbons (Fsp3) is 0.500. The van der Waals surface area contributed by atoms with Gasteiger partial charge in [0.2, 0.25) is 0 Å². The third-order valence-corrected chi connectivity index (χ3v) is 2.66. The van der Waals surface area contributed by atoms with Gasteiger partial charge < -0.3 is 9.30 Å². The van der Waals surface area contributed by atoms with Crippen LogP contribution in [0.4, 0.5) is 13.2 Å². The molecule has 8 heteroatoms. The summed E-state index contributed by atoms with van der Waals surface area (Å²) in [5.41, 5.74) is -1.98. The zero-order valence-electron chi connectivity index (χ0n) is 9.07. The lowest BCUT2D eigenvalue weighted by molar-refractivity contribution is -0.141. The predicted octanol–water partition coefficient (Wildman–Crippen LogP) is 1.37. The van der Waals surface area contributed by atoms with E-state index in [1.165, 1.54) is 6.07 Å². The zero-order chi connectivity index (χ0) is 13.3. The number of ether oxygens (including phenoxy) is 1. The van der Waals surface area contributed by atoms with E-state index in [1.807, 2.05) is 0 Å². The van der Waals surface area contributed by atoms with Gasteiger partial charge in [-0.25, -0.2) is 4.98 Å². The van der Waals surface area contributed by atoms with Gasteiger partial charge in [0.05, 0.1) is 12.6 Å². The normalized spacial score (nSPS) is 19.1. The number of alkyl halides is 3. The predicted molar refractivity (Wildman–Crippen MR) is 51.7 cm³/mol. The number of nitrogens with zero attached hydrogens (tertiary/aromatic N) is 3. The van der Waals surface area contributed by atoms with Crippen LogP contribution in [0.3, 0.4) is 0 Å². The van der Waals surface area contributed by atoms with E-state index in [0.717, 1.165) is 4.57 Å². The van der Waals surface area contributed by atoms with Crippen LogP contribution in [0, 0.1) is 11.3 Å². The highest BCUT2D eigenvalue weighted by Gasteiger charge is 2.39. The van der Waals surface area contributed by atoms with Crippen LogP contribution in [0.15, 0.2) is 0 Å². The van der Waals surface area contributed by atoms with Gasteiger partial charge >= 0.3 is 6.18 Å².